The lowest BCUT2D eigenvalue weighted by Crippen LogP contribution is -2.48. The SMILES string of the molecule is CCOC(=O)c1ccc(NC(=O)CN2CCN(c3ccc(F)cc3)CC2)cc1. The second kappa shape index (κ2) is 9.32. The summed E-state index contributed by atoms with van der Waals surface area (Å²) in [5.41, 5.74) is 2.09. The molecule has 1 fully saturated rings. The summed E-state index contributed by atoms with van der Waals surface area (Å²) >= 11 is 0. The molecule has 0 saturated carbocycles. The van der Waals surface area contributed by atoms with Gasteiger partial charge in [0.05, 0.1) is 18.7 Å². The van der Waals surface area contributed by atoms with E-state index < -0.39 is 0 Å². The van der Waals surface area contributed by atoms with Gasteiger partial charge >= 0.3 is 5.97 Å². The average molecular weight is 385 g/mol. The van der Waals surface area contributed by atoms with Crippen molar-refractivity contribution in [2.24, 2.45) is 0 Å². The lowest BCUT2D eigenvalue weighted by atomic mass is 10.2. The number of nitrogens with one attached hydrogen (secondary N) is 1. The zero-order chi connectivity index (χ0) is 19.9. The first-order chi connectivity index (χ1) is 13.5. The molecule has 0 aliphatic carbocycles. The molecule has 1 aliphatic heterocycles. The quantitative estimate of drug-likeness (QED) is 0.775. The molecular weight excluding hydrogens is 361 g/mol. The highest BCUT2D eigenvalue weighted by Crippen LogP contribution is 2.17. The second-order valence-electron chi connectivity index (χ2n) is 6.59. The highest BCUT2D eigenvalue weighted by Gasteiger charge is 2.19. The topological polar surface area (TPSA) is 61.9 Å². The van der Waals surface area contributed by atoms with Gasteiger partial charge in [-0.1, -0.05) is 0 Å². The lowest BCUT2D eigenvalue weighted by Gasteiger charge is -2.35. The van der Waals surface area contributed by atoms with Crippen LogP contribution in [0.2, 0.25) is 0 Å². The molecule has 28 heavy (non-hydrogen) atoms. The van der Waals surface area contributed by atoms with Crippen LogP contribution in [0, 0.1) is 5.82 Å². The number of esters is 1. The van der Waals surface area contributed by atoms with E-state index in [1.54, 1.807) is 43.3 Å². The van der Waals surface area contributed by atoms with E-state index in [1.807, 2.05) is 0 Å². The summed E-state index contributed by atoms with van der Waals surface area (Å²) in [5.74, 6) is -0.715. The van der Waals surface area contributed by atoms with Crippen molar-refractivity contribution in [3.63, 3.8) is 0 Å². The van der Waals surface area contributed by atoms with Gasteiger partial charge in [0.25, 0.3) is 0 Å². The van der Waals surface area contributed by atoms with Gasteiger partial charge in [0.15, 0.2) is 0 Å². The number of ether oxygens (including phenoxy) is 1. The Hall–Kier alpha value is -2.93. The third-order valence-electron chi connectivity index (χ3n) is 4.61. The summed E-state index contributed by atoms with van der Waals surface area (Å²) in [5, 5.41) is 2.85. The van der Waals surface area contributed by atoms with Crippen molar-refractivity contribution in [1.82, 2.24) is 4.90 Å². The molecule has 2 aromatic rings. The highest BCUT2D eigenvalue weighted by atomic mass is 19.1. The van der Waals surface area contributed by atoms with Gasteiger partial charge in [0.2, 0.25) is 5.91 Å². The zero-order valence-corrected chi connectivity index (χ0v) is 15.9. The van der Waals surface area contributed by atoms with Crippen LogP contribution in [-0.2, 0) is 9.53 Å². The molecular formula is C21H24FN3O3. The van der Waals surface area contributed by atoms with Crippen LogP contribution < -0.4 is 10.2 Å². The number of hydrogen-bond acceptors (Lipinski definition) is 5. The van der Waals surface area contributed by atoms with Crippen molar-refractivity contribution in [3.05, 3.63) is 59.9 Å². The van der Waals surface area contributed by atoms with Crippen LogP contribution in [0.1, 0.15) is 17.3 Å². The van der Waals surface area contributed by atoms with Crippen LogP contribution >= 0.6 is 0 Å². The molecule has 2 aromatic carbocycles. The molecule has 1 amide bonds. The van der Waals surface area contributed by atoms with E-state index in [4.69, 9.17) is 4.74 Å². The molecule has 7 heteroatoms. The third kappa shape index (κ3) is 5.29. The number of carbonyl (C=O) groups is 2. The van der Waals surface area contributed by atoms with Gasteiger partial charge in [0, 0.05) is 37.6 Å². The van der Waals surface area contributed by atoms with Gasteiger partial charge in [-0.3, -0.25) is 9.69 Å². The Kier molecular flexibility index (Phi) is 6.60. The maximum Gasteiger partial charge on any atom is 0.338 e. The standard InChI is InChI=1S/C21H24FN3O3/c1-2-28-21(27)16-3-7-18(8-4-16)23-20(26)15-24-11-13-25(14-12-24)19-9-5-17(22)6-10-19/h3-10H,2,11-15H2,1H3,(H,23,26). The number of piperazine rings is 1. The summed E-state index contributed by atoms with van der Waals surface area (Å²) in [6, 6.07) is 13.1. The molecule has 3 rings (SSSR count). The minimum Gasteiger partial charge on any atom is -0.462 e. The predicted octanol–water partition coefficient (Wildman–Crippen LogP) is 2.76. The van der Waals surface area contributed by atoms with Gasteiger partial charge in [-0.05, 0) is 55.5 Å². The fourth-order valence-corrected chi connectivity index (χ4v) is 3.12. The fraction of sp³-hybridized carbons (Fsp3) is 0.333. The van der Waals surface area contributed by atoms with E-state index in [-0.39, 0.29) is 17.7 Å². The van der Waals surface area contributed by atoms with Gasteiger partial charge in [0.1, 0.15) is 5.82 Å². The maximum atomic E-state index is 13.0. The van der Waals surface area contributed by atoms with Gasteiger partial charge in [-0.15, -0.1) is 0 Å². The average Bonchev–Trinajstić information content (AvgIpc) is 2.70. The van der Waals surface area contributed by atoms with Crippen LogP contribution in [0.25, 0.3) is 0 Å². The lowest BCUT2D eigenvalue weighted by molar-refractivity contribution is -0.117. The van der Waals surface area contributed by atoms with E-state index in [2.05, 4.69) is 15.1 Å². The Balaban J connectivity index is 1.45. The molecule has 1 heterocycles. The van der Waals surface area contributed by atoms with Crippen molar-refractivity contribution in [1.29, 1.82) is 0 Å². The summed E-state index contributed by atoms with van der Waals surface area (Å²) in [6.07, 6.45) is 0. The summed E-state index contributed by atoms with van der Waals surface area (Å²) in [6.45, 7) is 5.47. The van der Waals surface area contributed by atoms with Gasteiger partial charge in [-0.25, -0.2) is 9.18 Å². The van der Waals surface area contributed by atoms with Crippen molar-refractivity contribution < 1.29 is 18.7 Å². The maximum absolute atomic E-state index is 13.0. The largest absolute Gasteiger partial charge is 0.462 e. The number of halogens is 1. The van der Waals surface area contributed by atoms with Gasteiger partial charge in [-0.2, -0.15) is 0 Å². The number of rotatable bonds is 6. The van der Waals surface area contributed by atoms with Crippen molar-refractivity contribution >= 4 is 23.3 Å². The van der Waals surface area contributed by atoms with Crippen LogP contribution in [0.15, 0.2) is 48.5 Å². The number of amides is 1. The molecule has 0 bridgehead atoms. The molecule has 0 aromatic heterocycles. The molecule has 0 spiro atoms. The molecule has 1 N–H and O–H groups in total. The molecule has 0 atom stereocenters. The van der Waals surface area contributed by atoms with Crippen LogP contribution in [0.4, 0.5) is 15.8 Å². The minimum atomic E-state index is -0.376. The van der Waals surface area contributed by atoms with Crippen molar-refractivity contribution in [3.8, 4) is 0 Å². The normalized spacial score (nSPS) is 14.6. The molecule has 1 saturated heterocycles. The molecule has 1 aliphatic rings. The van der Waals surface area contributed by atoms with Crippen molar-refractivity contribution in [2.45, 2.75) is 6.92 Å². The Labute approximate surface area is 163 Å². The highest BCUT2D eigenvalue weighted by molar-refractivity contribution is 5.94. The number of anilines is 2. The minimum absolute atomic E-state index is 0.0980. The van der Waals surface area contributed by atoms with E-state index >= 15 is 0 Å². The van der Waals surface area contributed by atoms with Crippen LogP contribution in [0.5, 0.6) is 0 Å². The van der Waals surface area contributed by atoms with Crippen LogP contribution in [0.3, 0.4) is 0 Å². The Morgan fingerprint density at radius 2 is 1.64 bits per heavy atom. The number of benzene rings is 2. The first-order valence-corrected chi connectivity index (χ1v) is 9.35. The molecule has 6 nitrogen and oxygen atoms in total. The second-order valence-corrected chi connectivity index (χ2v) is 6.59. The fourth-order valence-electron chi connectivity index (χ4n) is 3.12. The molecule has 0 radical (unpaired) electrons. The monoisotopic (exact) mass is 385 g/mol. The smallest absolute Gasteiger partial charge is 0.338 e. The zero-order valence-electron chi connectivity index (χ0n) is 15.9. The summed E-state index contributed by atoms with van der Waals surface area (Å²) in [4.78, 5) is 28.2. The van der Waals surface area contributed by atoms with E-state index in [1.165, 1.54) is 12.1 Å². The van der Waals surface area contributed by atoms with Crippen LogP contribution in [-0.4, -0.2) is 56.1 Å². The molecule has 0 unspecified atom stereocenters. The Bertz CT molecular complexity index is 801. The van der Waals surface area contributed by atoms with Gasteiger partial charge < -0.3 is 15.0 Å². The van der Waals surface area contributed by atoms with Crippen molar-refractivity contribution in [2.75, 3.05) is 49.5 Å². The van der Waals surface area contributed by atoms with E-state index in [0.29, 0.717) is 24.4 Å². The Morgan fingerprint density at radius 1 is 1.00 bits per heavy atom. The first-order valence-electron chi connectivity index (χ1n) is 9.35. The molecule has 148 valence electrons. The third-order valence-corrected chi connectivity index (χ3v) is 4.61. The summed E-state index contributed by atoms with van der Waals surface area (Å²) in [7, 11) is 0. The first kappa shape index (κ1) is 19.8. The number of hydrogen-bond donors (Lipinski definition) is 1. The number of nitrogens with zero attached hydrogens (tertiary/aromatic N) is 2. The summed E-state index contributed by atoms with van der Waals surface area (Å²) < 4.78 is 18.0. The van der Waals surface area contributed by atoms with E-state index in [0.717, 1.165) is 31.9 Å². The predicted molar refractivity (Wildman–Crippen MR) is 106 cm³/mol. The Morgan fingerprint density at radius 3 is 2.25 bits per heavy atom. The van der Waals surface area contributed by atoms with E-state index in [9.17, 15) is 14.0 Å². The number of carbonyl (C=O) groups excluding carboxylic acids is 2.